The largest absolute Gasteiger partial charge is 0.497 e. The highest BCUT2D eigenvalue weighted by atomic mass is 35.5. The average molecular weight is 436 g/mol. The van der Waals surface area contributed by atoms with E-state index in [2.05, 4.69) is 10.5 Å². The molecule has 2 aromatic rings. The molecule has 0 atom stereocenters. The average Bonchev–Trinajstić information content (AvgIpc) is 2.71. The first-order chi connectivity index (χ1) is 14.4. The van der Waals surface area contributed by atoms with Gasteiger partial charge in [0.05, 0.1) is 37.9 Å². The molecule has 0 saturated carbocycles. The number of carbonyl (C=O) groups is 1. The summed E-state index contributed by atoms with van der Waals surface area (Å²) in [6, 6.07) is 7.71. The van der Waals surface area contributed by atoms with E-state index in [1.807, 2.05) is 0 Å². The van der Waals surface area contributed by atoms with E-state index in [1.54, 1.807) is 32.0 Å². The van der Waals surface area contributed by atoms with Crippen LogP contribution in [-0.4, -0.2) is 37.4 Å². The number of nitrogens with zero attached hydrogens (tertiary/aromatic N) is 2. The van der Waals surface area contributed by atoms with E-state index in [-0.39, 0.29) is 24.5 Å². The summed E-state index contributed by atoms with van der Waals surface area (Å²) in [5.41, 5.74) is 3.06. The van der Waals surface area contributed by atoms with Gasteiger partial charge in [0.2, 0.25) is 11.7 Å². The molecule has 160 valence electrons. The molecule has 10 heteroatoms. The van der Waals surface area contributed by atoms with E-state index < -0.39 is 10.8 Å². The second-order valence-corrected chi connectivity index (χ2v) is 6.32. The standard InChI is InChI=1S/C20H22ClN3O6/c1-4-29-18-11-19(30-5-2)17(24(26)27)9-14(18)12-22-23-20(25)10-13-8-15(28-3)6-7-16(13)21/h6-9,11-12H,4-5,10H2,1-3H3,(H,23,25)/b22-12+. The van der Waals surface area contributed by atoms with Gasteiger partial charge in [0.1, 0.15) is 11.5 Å². The zero-order valence-corrected chi connectivity index (χ0v) is 17.6. The molecule has 0 fully saturated rings. The third kappa shape index (κ3) is 6.08. The molecular formula is C20H22ClN3O6. The van der Waals surface area contributed by atoms with Crippen molar-refractivity contribution in [3.63, 3.8) is 0 Å². The van der Waals surface area contributed by atoms with Gasteiger partial charge in [0, 0.05) is 22.7 Å². The number of amides is 1. The van der Waals surface area contributed by atoms with Gasteiger partial charge in [-0.1, -0.05) is 11.6 Å². The van der Waals surface area contributed by atoms with E-state index >= 15 is 0 Å². The van der Waals surface area contributed by atoms with Crippen molar-refractivity contribution in [1.82, 2.24) is 5.43 Å². The lowest BCUT2D eigenvalue weighted by atomic mass is 10.1. The number of hydrazone groups is 1. The van der Waals surface area contributed by atoms with Gasteiger partial charge in [-0.2, -0.15) is 5.10 Å². The van der Waals surface area contributed by atoms with Crippen LogP contribution in [-0.2, 0) is 11.2 Å². The molecule has 2 aromatic carbocycles. The first-order valence-corrected chi connectivity index (χ1v) is 9.49. The molecule has 0 aromatic heterocycles. The summed E-state index contributed by atoms with van der Waals surface area (Å²) < 4.78 is 16.0. The Hall–Kier alpha value is -3.33. The van der Waals surface area contributed by atoms with Crippen LogP contribution in [0.15, 0.2) is 35.4 Å². The van der Waals surface area contributed by atoms with Crippen molar-refractivity contribution in [3.05, 3.63) is 56.6 Å². The minimum absolute atomic E-state index is 0.0187. The predicted octanol–water partition coefficient (Wildman–Crippen LogP) is 3.75. The Bertz CT molecular complexity index is 948. The second-order valence-electron chi connectivity index (χ2n) is 5.91. The summed E-state index contributed by atoms with van der Waals surface area (Å²) in [6.45, 7) is 4.11. The third-order valence-corrected chi connectivity index (χ3v) is 4.25. The van der Waals surface area contributed by atoms with Crippen molar-refractivity contribution in [1.29, 1.82) is 0 Å². The highest BCUT2D eigenvalue weighted by Gasteiger charge is 2.19. The quantitative estimate of drug-likeness (QED) is 0.345. The van der Waals surface area contributed by atoms with Crippen LogP contribution in [0.2, 0.25) is 5.02 Å². The Morgan fingerprint density at radius 1 is 1.20 bits per heavy atom. The molecule has 0 radical (unpaired) electrons. The third-order valence-electron chi connectivity index (χ3n) is 3.88. The number of nitro groups is 1. The van der Waals surface area contributed by atoms with Gasteiger partial charge < -0.3 is 14.2 Å². The Morgan fingerprint density at radius 2 is 1.90 bits per heavy atom. The van der Waals surface area contributed by atoms with Crippen molar-refractivity contribution in [3.8, 4) is 17.2 Å². The Kier molecular flexibility index (Phi) is 8.42. The Labute approximate surface area is 178 Å². The number of methoxy groups -OCH3 is 1. The Morgan fingerprint density at radius 3 is 2.53 bits per heavy atom. The number of nitrogens with one attached hydrogen (secondary N) is 1. The molecular weight excluding hydrogens is 414 g/mol. The number of hydrogen-bond acceptors (Lipinski definition) is 7. The second kappa shape index (κ2) is 11.0. The number of rotatable bonds is 10. The van der Waals surface area contributed by atoms with Crippen LogP contribution in [0.3, 0.4) is 0 Å². The number of carbonyl (C=O) groups excluding carboxylic acids is 1. The summed E-state index contributed by atoms with van der Waals surface area (Å²) in [7, 11) is 1.52. The van der Waals surface area contributed by atoms with Gasteiger partial charge >= 0.3 is 5.69 Å². The van der Waals surface area contributed by atoms with Crippen molar-refractivity contribution in [2.75, 3.05) is 20.3 Å². The zero-order chi connectivity index (χ0) is 22.1. The molecule has 0 unspecified atom stereocenters. The summed E-state index contributed by atoms with van der Waals surface area (Å²) in [5, 5.41) is 15.6. The first-order valence-electron chi connectivity index (χ1n) is 9.11. The Balaban J connectivity index is 2.19. The van der Waals surface area contributed by atoms with Crippen molar-refractivity contribution < 1.29 is 23.9 Å². The van der Waals surface area contributed by atoms with E-state index in [9.17, 15) is 14.9 Å². The molecule has 9 nitrogen and oxygen atoms in total. The van der Waals surface area contributed by atoms with Crippen LogP contribution in [0.1, 0.15) is 25.0 Å². The molecule has 0 bridgehead atoms. The molecule has 30 heavy (non-hydrogen) atoms. The van der Waals surface area contributed by atoms with Gasteiger partial charge in [0.15, 0.2) is 0 Å². The van der Waals surface area contributed by atoms with E-state index in [0.717, 1.165) is 0 Å². The predicted molar refractivity (Wildman–Crippen MR) is 113 cm³/mol. The van der Waals surface area contributed by atoms with Crippen LogP contribution in [0.25, 0.3) is 0 Å². The lowest BCUT2D eigenvalue weighted by Crippen LogP contribution is -2.20. The highest BCUT2D eigenvalue weighted by molar-refractivity contribution is 6.31. The van der Waals surface area contributed by atoms with Gasteiger partial charge in [-0.3, -0.25) is 14.9 Å². The molecule has 1 N–H and O–H groups in total. The maximum absolute atomic E-state index is 12.2. The number of benzene rings is 2. The highest BCUT2D eigenvalue weighted by Crippen LogP contribution is 2.34. The smallest absolute Gasteiger partial charge is 0.311 e. The fourth-order valence-corrected chi connectivity index (χ4v) is 2.75. The molecule has 2 rings (SSSR count). The molecule has 1 amide bonds. The fourth-order valence-electron chi connectivity index (χ4n) is 2.56. The van der Waals surface area contributed by atoms with Crippen LogP contribution < -0.4 is 19.6 Å². The van der Waals surface area contributed by atoms with Gasteiger partial charge in [-0.05, 0) is 37.6 Å². The molecule has 0 aliphatic rings. The van der Waals surface area contributed by atoms with Crippen LogP contribution in [0, 0.1) is 10.1 Å². The maximum Gasteiger partial charge on any atom is 0.311 e. The van der Waals surface area contributed by atoms with Gasteiger partial charge in [-0.25, -0.2) is 5.43 Å². The number of hydrogen-bond donors (Lipinski definition) is 1. The summed E-state index contributed by atoms with van der Waals surface area (Å²) >= 11 is 6.10. The summed E-state index contributed by atoms with van der Waals surface area (Å²) in [6.07, 6.45) is 1.26. The van der Waals surface area contributed by atoms with Crippen molar-refractivity contribution in [2.24, 2.45) is 5.10 Å². The van der Waals surface area contributed by atoms with E-state index in [0.29, 0.717) is 34.3 Å². The molecule has 0 aliphatic carbocycles. The molecule has 0 aliphatic heterocycles. The minimum Gasteiger partial charge on any atom is -0.497 e. The van der Waals surface area contributed by atoms with Gasteiger partial charge in [-0.15, -0.1) is 0 Å². The number of ether oxygens (including phenoxy) is 3. The van der Waals surface area contributed by atoms with Gasteiger partial charge in [0.25, 0.3) is 0 Å². The lowest BCUT2D eigenvalue weighted by molar-refractivity contribution is -0.385. The molecule has 0 saturated heterocycles. The summed E-state index contributed by atoms with van der Waals surface area (Å²) in [4.78, 5) is 23.0. The molecule has 0 spiro atoms. The van der Waals surface area contributed by atoms with Crippen molar-refractivity contribution >= 4 is 29.4 Å². The maximum atomic E-state index is 12.2. The van der Waals surface area contributed by atoms with E-state index in [1.165, 1.54) is 25.5 Å². The minimum atomic E-state index is -0.554. The zero-order valence-electron chi connectivity index (χ0n) is 16.8. The van der Waals surface area contributed by atoms with Crippen LogP contribution in [0.5, 0.6) is 17.2 Å². The van der Waals surface area contributed by atoms with Crippen LogP contribution in [0.4, 0.5) is 5.69 Å². The van der Waals surface area contributed by atoms with E-state index in [4.69, 9.17) is 25.8 Å². The SMILES string of the molecule is CCOc1cc(OCC)c([N+](=O)[O-])cc1/C=N/NC(=O)Cc1cc(OC)ccc1Cl. The molecule has 0 heterocycles. The number of nitro benzene ring substituents is 1. The monoisotopic (exact) mass is 435 g/mol. The first kappa shape index (κ1) is 23.0. The summed E-state index contributed by atoms with van der Waals surface area (Å²) in [5.74, 6) is 0.605. The topological polar surface area (TPSA) is 112 Å². The number of halogens is 1. The van der Waals surface area contributed by atoms with Crippen molar-refractivity contribution in [2.45, 2.75) is 20.3 Å². The van der Waals surface area contributed by atoms with Crippen LogP contribution >= 0.6 is 11.6 Å². The fraction of sp³-hybridized carbons (Fsp3) is 0.300. The normalized spacial score (nSPS) is 10.7. The lowest BCUT2D eigenvalue weighted by Gasteiger charge is -2.11.